The molecule has 1 N–H and O–H groups in total. The Morgan fingerprint density at radius 2 is 2.10 bits per heavy atom. The van der Waals surface area contributed by atoms with Crippen molar-refractivity contribution in [3.05, 3.63) is 34.7 Å². The van der Waals surface area contributed by atoms with Gasteiger partial charge in [0, 0.05) is 11.9 Å². The molecule has 0 spiro atoms. The quantitative estimate of drug-likeness (QED) is 0.592. The largest absolute Gasteiger partial charge is 0.327 e. The maximum absolute atomic E-state index is 5.52. The van der Waals surface area contributed by atoms with Crippen molar-refractivity contribution in [1.82, 2.24) is 19.3 Å². The first-order chi connectivity index (χ1) is 9.67. The van der Waals surface area contributed by atoms with Gasteiger partial charge in [0.05, 0.1) is 11.4 Å². The number of hydrogen-bond acceptors (Lipinski definition) is 3. The van der Waals surface area contributed by atoms with E-state index in [2.05, 4.69) is 40.0 Å². The molecule has 0 fully saturated rings. The summed E-state index contributed by atoms with van der Waals surface area (Å²) in [6, 6.07) is 8.28. The normalized spacial score (nSPS) is 11.3. The maximum Gasteiger partial charge on any atom is 0.184 e. The van der Waals surface area contributed by atoms with Crippen molar-refractivity contribution < 1.29 is 0 Å². The van der Waals surface area contributed by atoms with Crippen LogP contribution in [0.15, 0.2) is 29.2 Å². The van der Waals surface area contributed by atoms with Gasteiger partial charge in [0.1, 0.15) is 5.52 Å². The number of imidazole rings is 1. The molecule has 4 nitrogen and oxygen atoms in total. The molecular formula is C14H16N4S2. The van der Waals surface area contributed by atoms with E-state index in [1.807, 2.05) is 23.9 Å². The van der Waals surface area contributed by atoms with E-state index in [1.54, 1.807) is 11.8 Å². The van der Waals surface area contributed by atoms with Crippen LogP contribution in [-0.4, -0.2) is 25.6 Å². The predicted octanol–water partition coefficient (Wildman–Crippen LogP) is 3.71. The summed E-state index contributed by atoms with van der Waals surface area (Å²) in [5.41, 5.74) is 4.21. The fraction of sp³-hybridized carbons (Fsp3) is 0.286. The molecule has 0 aliphatic carbocycles. The van der Waals surface area contributed by atoms with Crippen LogP contribution in [0.25, 0.3) is 16.9 Å². The summed E-state index contributed by atoms with van der Waals surface area (Å²) in [5.74, 6) is 0. The second-order valence-corrected chi connectivity index (χ2v) is 5.79. The molecule has 0 aliphatic rings. The second kappa shape index (κ2) is 5.10. The summed E-state index contributed by atoms with van der Waals surface area (Å²) < 4.78 is 4.68. The lowest BCUT2D eigenvalue weighted by atomic mass is 10.3. The number of aromatic amines is 1. The molecule has 2 heterocycles. The molecule has 20 heavy (non-hydrogen) atoms. The standard InChI is InChI=1S/C14H16N4S2/c1-4-9-12-13(17(2)16-9)18(14(19)15-12)10-7-5-6-8-11(10)20-3/h5-8H,4H2,1-3H3,(H,15,19). The SMILES string of the molecule is CCc1nn(C)c2c1[nH]c(=S)n2-c1ccccc1SC. The molecule has 104 valence electrons. The van der Waals surface area contributed by atoms with E-state index < -0.39 is 0 Å². The van der Waals surface area contributed by atoms with Gasteiger partial charge in [-0.25, -0.2) is 4.68 Å². The fourth-order valence-electron chi connectivity index (χ4n) is 2.50. The number of hydrogen-bond donors (Lipinski definition) is 1. The molecule has 2 aromatic heterocycles. The lowest BCUT2D eigenvalue weighted by Gasteiger charge is -2.09. The van der Waals surface area contributed by atoms with Gasteiger partial charge in [-0.15, -0.1) is 11.8 Å². The lowest BCUT2D eigenvalue weighted by Crippen LogP contribution is -2.02. The Labute approximate surface area is 126 Å². The molecule has 0 saturated heterocycles. The number of benzene rings is 1. The van der Waals surface area contributed by atoms with Crippen molar-refractivity contribution in [3.8, 4) is 5.69 Å². The molecule has 3 rings (SSSR count). The Bertz CT molecular complexity index is 825. The third-order valence-corrected chi connectivity index (χ3v) is 4.47. The van der Waals surface area contributed by atoms with Crippen molar-refractivity contribution in [2.24, 2.45) is 7.05 Å². The van der Waals surface area contributed by atoms with Gasteiger partial charge in [-0.1, -0.05) is 19.1 Å². The van der Waals surface area contributed by atoms with E-state index in [0.717, 1.165) is 29.0 Å². The minimum absolute atomic E-state index is 0.712. The Morgan fingerprint density at radius 1 is 1.35 bits per heavy atom. The van der Waals surface area contributed by atoms with Gasteiger partial charge in [0.15, 0.2) is 10.4 Å². The van der Waals surface area contributed by atoms with Crippen molar-refractivity contribution in [1.29, 1.82) is 0 Å². The molecule has 3 aromatic rings. The van der Waals surface area contributed by atoms with E-state index in [1.165, 1.54) is 4.90 Å². The van der Waals surface area contributed by atoms with Crippen LogP contribution in [0.5, 0.6) is 0 Å². The summed E-state index contributed by atoms with van der Waals surface area (Å²) >= 11 is 7.24. The smallest absolute Gasteiger partial charge is 0.184 e. The Hall–Kier alpha value is -1.53. The zero-order valence-corrected chi connectivity index (χ0v) is 13.3. The van der Waals surface area contributed by atoms with Crippen LogP contribution < -0.4 is 0 Å². The van der Waals surface area contributed by atoms with Crippen LogP contribution in [0.4, 0.5) is 0 Å². The summed E-state index contributed by atoms with van der Waals surface area (Å²) in [7, 11) is 1.96. The number of thioether (sulfide) groups is 1. The monoisotopic (exact) mass is 304 g/mol. The Balaban J connectivity index is 2.39. The van der Waals surface area contributed by atoms with Crippen molar-refractivity contribution in [3.63, 3.8) is 0 Å². The van der Waals surface area contributed by atoms with Crippen LogP contribution in [0.2, 0.25) is 0 Å². The number of H-pyrrole nitrogens is 1. The molecule has 0 saturated carbocycles. The number of fused-ring (bicyclic) bond motifs is 1. The van der Waals surface area contributed by atoms with Gasteiger partial charge < -0.3 is 4.98 Å². The van der Waals surface area contributed by atoms with Crippen LogP contribution in [0, 0.1) is 4.77 Å². The van der Waals surface area contributed by atoms with E-state index in [-0.39, 0.29) is 0 Å². The molecule has 0 bridgehead atoms. The molecule has 0 radical (unpaired) electrons. The third kappa shape index (κ3) is 1.91. The first kappa shape index (κ1) is 13.5. The second-order valence-electron chi connectivity index (χ2n) is 4.56. The summed E-state index contributed by atoms with van der Waals surface area (Å²) in [6.45, 7) is 2.10. The Kier molecular flexibility index (Phi) is 3.43. The first-order valence-corrected chi connectivity index (χ1v) is 8.10. The number of aryl methyl sites for hydroxylation is 2. The average molecular weight is 304 g/mol. The zero-order chi connectivity index (χ0) is 14.3. The van der Waals surface area contributed by atoms with Crippen molar-refractivity contribution >= 4 is 35.1 Å². The number of nitrogens with one attached hydrogen (secondary N) is 1. The Morgan fingerprint density at radius 3 is 2.80 bits per heavy atom. The van der Waals surface area contributed by atoms with E-state index >= 15 is 0 Å². The highest BCUT2D eigenvalue weighted by Crippen LogP contribution is 2.28. The van der Waals surface area contributed by atoms with Crippen LogP contribution in [0.3, 0.4) is 0 Å². The minimum Gasteiger partial charge on any atom is -0.327 e. The molecular weight excluding hydrogens is 288 g/mol. The zero-order valence-electron chi connectivity index (χ0n) is 11.7. The van der Waals surface area contributed by atoms with Crippen molar-refractivity contribution in [2.75, 3.05) is 6.26 Å². The molecule has 0 atom stereocenters. The highest BCUT2D eigenvalue weighted by atomic mass is 32.2. The highest BCUT2D eigenvalue weighted by molar-refractivity contribution is 7.98. The average Bonchev–Trinajstić information content (AvgIpc) is 2.95. The summed E-state index contributed by atoms with van der Waals surface area (Å²) in [4.78, 5) is 4.50. The molecule has 0 aliphatic heterocycles. The van der Waals surface area contributed by atoms with E-state index in [9.17, 15) is 0 Å². The van der Waals surface area contributed by atoms with Gasteiger partial charge in [0.2, 0.25) is 0 Å². The minimum atomic E-state index is 0.712. The van der Waals surface area contributed by atoms with Crippen LogP contribution in [-0.2, 0) is 13.5 Å². The van der Waals surface area contributed by atoms with E-state index in [4.69, 9.17) is 12.2 Å². The number of nitrogens with zero attached hydrogens (tertiary/aromatic N) is 3. The third-order valence-electron chi connectivity index (χ3n) is 3.40. The number of aromatic nitrogens is 4. The highest BCUT2D eigenvalue weighted by Gasteiger charge is 2.16. The van der Waals surface area contributed by atoms with Crippen molar-refractivity contribution in [2.45, 2.75) is 18.2 Å². The van der Waals surface area contributed by atoms with Crippen LogP contribution in [0.1, 0.15) is 12.6 Å². The first-order valence-electron chi connectivity index (χ1n) is 6.47. The summed E-state index contributed by atoms with van der Waals surface area (Å²) in [5, 5.41) is 4.56. The topological polar surface area (TPSA) is 38.5 Å². The molecule has 1 aromatic carbocycles. The van der Waals surface area contributed by atoms with E-state index in [0.29, 0.717) is 4.77 Å². The van der Waals surface area contributed by atoms with Gasteiger partial charge in [-0.05, 0) is 37.0 Å². The fourth-order valence-corrected chi connectivity index (χ4v) is 3.37. The lowest BCUT2D eigenvalue weighted by molar-refractivity contribution is 0.747. The number of para-hydroxylation sites is 1. The number of rotatable bonds is 3. The van der Waals surface area contributed by atoms with Gasteiger partial charge in [0.25, 0.3) is 0 Å². The maximum atomic E-state index is 5.52. The van der Waals surface area contributed by atoms with Crippen LogP contribution >= 0.6 is 24.0 Å². The molecule has 6 heteroatoms. The molecule has 0 amide bonds. The summed E-state index contributed by atoms with van der Waals surface area (Å²) in [6.07, 6.45) is 2.96. The molecule has 0 unspecified atom stereocenters. The van der Waals surface area contributed by atoms with Gasteiger partial charge >= 0.3 is 0 Å². The van der Waals surface area contributed by atoms with Gasteiger partial charge in [-0.3, -0.25) is 4.57 Å². The predicted molar refractivity (Wildman–Crippen MR) is 86.4 cm³/mol. The van der Waals surface area contributed by atoms with Gasteiger partial charge in [-0.2, -0.15) is 5.10 Å².